The Morgan fingerprint density at radius 1 is 1.15 bits per heavy atom. The molecular formula is C14H14N2O4. The fourth-order valence-corrected chi connectivity index (χ4v) is 2.41. The Morgan fingerprint density at radius 3 is 2.60 bits per heavy atom. The lowest BCUT2D eigenvalue weighted by Crippen LogP contribution is -2.19. The minimum Gasteiger partial charge on any atom is -0.370 e. The van der Waals surface area contributed by atoms with Crippen LogP contribution in [0.2, 0.25) is 0 Å². The lowest BCUT2D eigenvalue weighted by atomic mass is 10.0. The van der Waals surface area contributed by atoms with E-state index in [0.717, 1.165) is 12.8 Å². The molecule has 6 heteroatoms. The van der Waals surface area contributed by atoms with E-state index in [1.165, 1.54) is 0 Å². The molecule has 6 nitrogen and oxygen atoms in total. The number of hydrogen-bond acceptors (Lipinski definition) is 4. The smallest absolute Gasteiger partial charge is 0.233 e. The number of hydrogen-bond donors (Lipinski definition) is 2. The van der Waals surface area contributed by atoms with Gasteiger partial charge >= 0.3 is 0 Å². The van der Waals surface area contributed by atoms with Crippen molar-refractivity contribution in [3.8, 4) is 0 Å². The Hall–Kier alpha value is -2.21. The first-order valence-electron chi connectivity index (χ1n) is 6.53. The minimum absolute atomic E-state index is 0.0878. The molecule has 0 aromatic heterocycles. The number of rotatable bonds is 2. The normalized spacial score (nSPS) is 21.7. The van der Waals surface area contributed by atoms with E-state index in [9.17, 15) is 14.4 Å². The van der Waals surface area contributed by atoms with Gasteiger partial charge < -0.3 is 15.4 Å². The largest absolute Gasteiger partial charge is 0.370 e. The minimum atomic E-state index is -0.399. The topological polar surface area (TPSA) is 84.5 Å². The van der Waals surface area contributed by atoms with E-state index in [0.29, 0.717) is 23.5 Å². The first-order valence-corrected chi connectivity index (χ1v) is 6.53. The van der Waals surface area contributed by atoms with Crippen LogP contribution in [0.4, 0.5) is 11.4 Å². The van der Waals surface area contributed by atoms with Gasteiger partial charge in [-0.25, -0.2) is 0 Å². The highest BCUT2D eigenvalue weighted by atomic mass is 16.5. The first kappa shape index (κ1) is 12.8. The van der Waals surface area contributed by atoms with E-state index < -0.39 is 6.10 Å². The monoisotopic (exact) mass is 274 g/mol. The van der Waals surface area contributed by atoms with Gasteiger partial charge in [0.2, 0.25) is 11.8 Å². The number of Topliss-reactive ketones (excluding diaryl/α,β-unsaturated/α-hetero) is 1. The molecule has 2 aliphatic heterocycles. The second kappa shape index (κ2) is 5.05. The molecule has 0 radical (unpaired) electrons. The van der Waals surface area contributed by atoms with E-state index in [2.05, 4.69) is 10.6 Å². The Labute approximate surface area is 115 Å². The maximum absolute atomic E-state index is 12.2. The number of carbonyl (C=O) groups is 3. The molecule has 1 saturated heterocycles. The maximum Gasteiger partial charge on any atom is 0.233 e. The van der Waals surface area contributed by atoms with Crippen LogP contribution >= 0.6 is 0 Å². The van der Waals surface area contributed by atoms with Crippen LogP contribution in [0.3, 0.4) is 0 Å². The molecule has 2 aliphatic rings. The number of fused-ring (bicyclic) bond motifs is 1. The molecule has 3 rings (SSSR count). The molecule has 2 N–H and O–H groups in total. The Bertz CT molecular complexity index is 591. The highest BCUT2D eigenvalue weighted by Crippen LogP contribution is 2.27. The predicted octanol–water partition coefficient (Wildman–Crippen LogP) is 1.33. The molecule has 1 unspecified atom stereocenters. The van der Waals surface area contributed by atoms with Crippen molar-refractivity contribution >= 4 is 29.0 Å². The Kier molecular flexibility index (Phi) is 3.23. The molecule has 1 aromatic carbocycles. The summed E-state index contributed by atoms with van der Waals surface area (Å²) in [6.45, 7) is 0.605. The van der Waals surface area contributed by atoms with Gasteiger partial charge in [-0.3, -0.25) is 14.4 Å². The van der Waals surface area contributed by atoms with Gasteiger partial charge in [-0.05, 0) is 31.0 Å². The van der Waals surface area contributed by atoms with Crippen LogP contribution in [-0.2, 0) is 14.3 Å². The van der Waals surface area contributed by atoms with Crippen LogP contribution in [0.25, 0.3) is 0 Å². The van der Waals surface area contributed by atoms with Gasteiger partial charge in [0, 0.05) is 12.2 Å². The van der Waals surface area contributed by atoms with Crippen molar-refractivity contribution < 1.29 is 19.1 Å². The average molecular weight is 274 g/mol. The molecular weight excluding hydrogens is 260 g/mol. The number of carbonyl (C=O) groups excluding carboxylic acids is 3. The molecule has 2 heterocycles. The number of ether oxygens (including phenoxy) is 1. The highest BCUT2D eigenvalue weighted by molar-refractivity contribution is 6.14. The van der Waals surface area contributed by atoms with Crippen LogP contribution in [0.15, 0.2) is 18.2 Å². The molecule has 20 heavy (non-hydrogen) atoms. The number of nitrogens with one attached hydrogen (secondary N) is 2. The third kappa shape index (κ3) is 2.42. The molecule has 0 saturated carbocycles. The maximum atomic E-state index is 12.2. The van der Waals surface area contributed by atoms with E-state index >= 15 is 0 Å². The van der Waals surface area contributed by atoms with Crippen LogP contribution < -0.4 is 10.6 Å². The number of benzene rings is 1. The second-order valence-electron chi connectivity index (χ2n) is 4.90. The van der Waals surface area contributed by atoms with Gasteiger partial charge in [-0.15, -0.1) is 0 Å². The summed E-state index contributed by atoms with van der Waals surface area (Å²) < 4.78 is 5.37. The zero-order valence-electron chi connectivity index (χ0n) is 10.8. The standard InChI is InChI=1S/C14H14N2O4/c17-12-7-13(18)16-10-6-8(3-4-9(10)15-12)14(19)11-2-1-5-20-11/h3-4,6,11H,1-2,5,7H2,(H,15,17)(H,16,18). The lowest BCUT2D eigenvalue weighted by molar-refractivity contribution is -0.123. The summed E-state index contributed by atoms with van der Waals surface area (Å²) in [7, 11) is 0. The third-order valence-electron chi connectivity index (χ3n) is 3.40. The highest BCUT2D eigenvalue weighted by Gasteiger charge is 2.26. The number of anilines is 2. The second-order valence-corrected chi connectivity index (χ2v) is 4.90. The first-order chi connectivity index (χ1) is 9.63. The van der Waals surface area contributed by atoms with E-state index in [1.807, 2.05) is 0 Å². The van der Waals surface area contributed by atoms with Gasteiger partial charge in [0.25, 0.3) is 0 Å². The Morgan fingerprint density at radius 2 is 1.90 bits per heavy atom. The molecule has 1 aromatic rings. The van der Waals surface area contributed by atoms with E-state index in [4.69, 9.17) is 4.74 Å². The zero-order chi connectivity index (χ0) is 14.1. The van der Waals surface area contributed by atoms with Gasteiger partial charge in [0.15, 0.2) is 5.78 Å². The quantitative estimate of drug-likeness (QED) is 0.629. The van der Waals surface area contributed by atoms with Crippen LogP contribution in [-0.4, -0.2) is 30.3 Å². The van der Waals surface area contributed by atoms with Crippen molar-refractivity contribution in [2.24, 2.45) is 0 Å². The predicted molar refractivity (Wildman–Crippen MR) is 71.6 cm³/mol. The summed E-state index contributed by atoms with van der Waals surface area (Å²) in [5, 5.41) is 5.25. The SMILES string of the molecule is O=C1CC(=O)Nc2cc(C(=O)C3CCCO3)ccc2N1. The van der Waals surface area contributed by atoms with Gasteiger partial charge in [0.05, 0.1) is 11.4 Å². The van der Waals surface area contributed by atoms with Crippen LogP contribution in [0.5, 0.6) is 0 Å². The van der Waals surface area contributed by atoms with Crippen molar-refractivity contribution in [1.29, 1.82) is 0 Å². The molecule has 104 valence electrons. The molecule has 1 fully saturated rings. The summed E-state index contributed by atoms with van der Waals surface area (Å²) in [6.07, 6.45) is 0.987. The fourth-order valence-electron chi connectivity index (χ4n) is 2.41. The summed E-state index contributed by atoms with van der Waals surface area (Å²) in [4.78, 5) is 35.2. The van der Waals surface area contributed by atoms with Crippen molar-refractivity contribution in [3.63, 3.8) is 0 Å². The van der Waals surface area contributed by atoms with Gasteiger partial charge in [0.1, 0.15) is 12.5 Å². The van der Waals surface area contributed by atoms with Crippen molar-refractivity contribution in [3.05, 3.63) is 23.8 Å². The van der Waals surface area contributed by atoms with Gasteiger partial charge in [-0.2, -0.15) is 0 Å². The number of amides is 2. The molecule has 2 amide bonds. The van der Waals surface area contributed by atoms with Crippen LogP contribution in [0, 0.1) is 0 Å². The van der Waals surface area contributed by atoms with Crippen molar-refractivity contribution in [2.45, 2.75) is 25.4 Å². The average Bonchev–Trinajstić information content (AvgIpc) is 2.88. The molecule has 1 atom stereocenters. The zero-order valence-corrected chi connectivity index (χ0v) is 10.8. The number of ketones is 1. The van der Waals surface area contributed by atoms with Crippen molar-refractivity contribution in [2.75, 3.05) is 17.2 Å². The molecule has 0 bridgehead atoms. The van der Waals surface area contributed by atoms with Crippen LogP contribution in [0.1, 0.15) is 29.6 Å². The molecule has 0 spiro atoms. The lowest BCUT2D eigenvalue weighted by Gasteiger charge is -2.11. The summed E-state index contributed by atoms with van der Waals surface area (Å²) in [5.41, 5.74) is 1.43. The molecule has 0 aliphatic carbocycles. The van der Waals surface area contributed by atoms with E-state index in [1.54, 1.807) is 18.2 Å². The third-order valence-corrected chi connectivity index (χ3v) is 3.40. The summed E-state index contributed by atoms with van der Waals surface area (Å²) >= 11 is 0. The Balaban J connectivity index is 1.90. The van der Waals surface area contributed by atoms with E-state index in [-0.39, 0.29) is 24.0 Å². The van der Waals surface area contributed by atoms with Crippen molar-refractivity contribution in [1.82, 2.24) is 0 Å². The fraction of sp³-hybridized carbons (Fsp3) is 0.357. The summed E-state index contributed by atoms with van der Waals surface area (Å²) in [5.74, 6) is -0.836. The summed E-state index contributed by atoms with van der Waals surface area (Å²) in [6, 6.07) is 4.85. The van der Waals surface area contributed by atoms with Gasteiger partial charge in [-0.1, -0.05) is 0 Å².